The molecule has 1 aromatic carbocycles. The molecule has 1 N–H and O–H groups in total. The van der Waals surface area contributed by atoms with E-state index in [1.165, 1.54) is 42.1 Å². The summed E-state index contributed by atoms with van der Waals surface area (Å²) in [6.07, 6.45) is 7.08. The molecule has 94 valence electrons. The Kier molecular flexibility index (Phi) is 3.28. The van der Waals surface area contributed by atoms with Crippen LogP contribution in [-0.2, 0) is 0 Å². The minimum absolute atomic E-state index is 0.662. The monoisotopic (exact) mass is 240 g/mol. The maximum Gasteiger partial charge on any atom is 0.0736 e. The van der Waals surface area contributed by atoms with Gasteiger partial charge in [0.25, 0.3) is 0 Å². The van der Waals surface area contributed by atoms with E-state index >= 15 is 0 Å². The van der Waals surface area contributed by atoms with E-state index in [1.807, 2.05) is 12.3 Å². The lowest BCUT2D eigenvalue weighted by Gasteiger charge is -2.29. The zero-order chi connectivity index (χ0) is 12.4. The van der Waals surface area contributed by atoms with Gasteiger partial charge in [-0.3, -0.25) is 4.98 Å². The van der Waals surface area contributed by atoms with Crippen molar-refractivity contribution in [3.63, 3.8) is 0 Å². The van der Waals surface area contributed by atoms with Gasteiger partial charge in [-0.05, 0) is 43.9 Å². The van der Waals surface area contributed by atoms with Crippen LogP contribution in [0.4, 0.5) is 0 Å². The van der Waals surface area contributed by atoms with Crippen LogP contribution in [0.2, 0.25) is 0 Å². The van der Waals surface area contributed by atoms with E-state index in [9.17, 15) is 0 Å². The molecule has 3 rings (SSSR count). The Balaban J connectivity index is 1.98. The smallest absolute Gasteiger partial charge is 0.0736 e. The summed E-state index contributed by atoms with van der Waals surface area (Å²) in [6.45, 7) is 0. The van der Waals surface area contributed by atoms with Gasteiger partial charge in [0.05, 0.1) is 5.52 Å². The fourth-order valence-corrected chi connectivity index (χ4v) is 3.19. The summed E-state index contributed by atoms with van der Waals surface area (Å²) in [4.78, 5) is 4.59. The Morgan fingerprint density at radius 1 is 1.17 bits per heavy atom. The summed E-state index contributed by atoms with van der Waals surface area (Å²) in [7, 11) is 2.08. The molecule has 2 heteroatoms. The molecule has 0 radical (unpaired) electrons. The summed E-state index contributed by atoms with van der Waals surface area (Å²) in [5.41, 5.74) is 2.63. The molecule has 1 heterocycles. The van der Waals surface area contributed by atoms with Crippen molar-refractivity contribution >= 4 is 10.9 Å². The lowest BCUT2D eigenvalue weighted by atomic mass is 9.80. The third kappa shape index (κ3) is 2.13. The normalized spacial score (nSPS) is 24.3. The number of nitrogens with one attached hydrogen (secondary N) is 1. The van der Waals surface area contributed by atoms with E-state index in [4.69, 9.17) is 0 Å². The van der Waals surface area contributed by atoms with E-state index in [1.54, 1.807) is 0 Å². The van der Waals surface area contributed by atoms with E-state index in [2.05, 4.69) is 41.6 Å². The summed E-state index contributed by atoms with van der Waals surface area (Å²) in [6, 6.07) is 11.4. The van der Waals surface area contributed by atoms with Crippen molar-refractivity contribution in [1.82, 2.24) is 10.3 Å². The third-order valence-corrected chi connectivity index (χ3v) is 4.19. The van der Waals surface area contributed by atoms with E-state index in [0.29, 0.717) is 12.0 Å². The van der Waals surface area contributed by atoms with Crippen molar-refractivity contribution < 1.29 is 0 Å². The molecule has 18 heavy (non-hydrogen) atoms. The van der Waals surface area contributed by atoms with Gasteiger partial charge in [-0.2, -0.15) is 0 Å². The van der Waals surface area contributed by atoms with Crippen LogP contribution >= 0.6 is 0 Å². The number of nitrogens with zero attached hydrogens (tertiary/aromatic N) is 1. The predicted octanol–water partition coefficient (Wildman–Crippen LogP) is 3.48. The fourth-order valence-electron chi connectivity index (χ4n) is 3.19. The summed E-state index contributed by atoms with van der Waals surface area (Å²) >= 11 is 0. The average Bonchev–Trinajstić information content (AvgIpc) is 2.47. The predicted molar refractivity (Wildman–Crippen MR) is 75.8 cm³/mol. The molecule has 0 saturated heterocycles. The minimum atomic E-state index is 0.662. The molecule has 1 aromatic heterocycles. The van der Waals surface area contributed by atoms with Gasteiger partial charge in [-0.1, -0.05) is 30.7 Å². The van der Waals surface area contributed by atoms with Crippen molar-refractivity contribution in [3.8, 4) is 0 Å². The molecular formula is C16H20N2. The van der Waals surface area contributed by atoms with Gasteiger partial charge < -0.3 is 5.32 Å². The van der Waals surface area contributed by atoms with Crippen molar-refractivity contribution in [3.05, 3.63) is 42.1 Å². The highest BCUT2D eigenvalue weighted by Gasteiger charge is 2.23. The van der Waals surface area contributed by atoms with Crippen LogP contribution < -0.4 is 5.32 Å². The Morgan fingerprint density at radius 2 is 2.06 bits per heavy atom. The van der Waals surface area contributed by atoms with Gasteiger partial charge in [0.15, 0.2) is 0 Å². The van der Waals surface area contributed by atoms with Crippen molar-refractivity contribution in [2.75, 3.05) is 7.05 Å². The fraction of sp³-hybridized carbons (Fsp3) is 0.438. The number of para-hydroxylation sites is 1. The molecule has 0 aliphatic heterocycles. The van der Waals surface area contributed by atoms with Gasteiger partial charge >= 0.3 is 0 Å². The lowest BCUT2D eigenvalue weighted by molar-refractivity contribution is 0.356. The molecule has 2 nitrogen and oxygen atoms in total. The van der Waals surface area contributed by atoms with Crippen LogP contribution in [0.15, 0.2) is 36.5 Å². The zero-order valence-electron chi connectivity index (χ0n) is 10.9. The standard InChI is InChI=1S/C16H20N2/c1-17-14-8-2-6-13(11-14)15-9-3-5-12-7-4-10-18-16(12)15/h3-5,7,9-10,13-14,17H,2,6,8,11H2,1H3. The van der Waals surface area contributed by atoms with Gasteiger partial charge in [0.2, 0.25) is 0 Å². The highest BCUT2D eigenvalue weighted by Crippen LogP contribution is 2.35. The van der Waals surface area contributed by atoms with Gasteiger partial charge in [-0.25, -0.2) is 0 Å². The van der Waals surface area contributed by atoms with E-state index in [-0.39, 0.29) is 0 Å². The van der Waals surface area contributed by atoms with Crippen LogP contribution in [0.5, 0.6) is 0 Å². The highest BCUT2D eigenvalue weighted by molar-refractivity contribution is 5.82. The number of benzene rings is 1. The average molecular weight is 240 g/mol. The maximum absolute atomic E-state index is 4.59. The first-order valence-corrected chi connectivity index (χ1v) is 6.89. The Hall–Kier alpha value is -1.41. The quantitative estimate of drug-likeness (QED) is 0.869. The molecule has 2 atom stereocenters. The third-order valence-electron chi connectivity index (χ3n) is 4.19. The summed E-state index contributed by atoms with van der Waals surface area (Å²) in [5, 5.41) is 4.70. The summed E-state index contributed by atoms with van der Waals surface area (Å²) < 4.78 is 0. The number of hydrogen-bond acceptors (Lipinski definition) is 2. The Labute approximate surface area is 108 Å². The van der Waals surface area contributed by atoms with Gasteiger partial charge in [0.1, 0.15) is 0 Å². The van der Waals surface area contributed by atoms with Crippen LogP contribution in [-0.4, -0.2) is 18.1 Å². The number of fused-ring (bicyclic) bond motifs is 1. The SMILES string of the molecule is CNC1CCCC(c2cccc3cccnc23)C1. The largest absolute Gasteiger partial charge is 0.317 e. The van der Waals surface area contributed by atoms with E-state index < -0.39 is 0 Å². The van der Waals surface area contributed by atoms with Crippen molar-refractivity contribution in [1.29, 1.82) is 0 Å². The molecule has 1 aliphatic rings. The van der Waals surface area contributed by atoms with Gasteiger partial charge in [-0.15, -0.1) is 0 Å². The van der Waals surface area contributed by atoms with Crippen molar-refractivity contribution in [2.24, 2.45) is 0 Å². The highest BCUT2D eigenvalue weighted by atomic mass is 14.9. The molecule has 2 aromatic rings. The van der Waals surface area contributed by atoms with Gasteiger partial charge in [0, 0.05) is 17.6 Å². The van der Waals surface area contributed by atoms with Crippen LogP contribution in [0.1, 0.15) is 37.2 Å². The number of aromatic nitrogens is 1. The number of hydrogen-bond donors (Lipinski definition) is 1. The molecule has 1 fully saturated rings. The summed E-state index contributed by atoms with van der Waals surface area (Å²) in [5.74, 6) is 0.662. The molecule has 0 spiro atoms. The number of rotatable bonds is 2. The van der Waals surface area contributed by atoms with E-state index in [0.717, 1.165) is 0 Å². The topological polar surface area (TPSA) is 24.9 Å². The van der Waals surface area contributed by atoms with Crippen LogP contribution in [0, 0.1) is 0 Å². The first-order chi connectivity index (χ1) is 8.88. The minimum Gasteiger partial charge on any atom is -0.317 e. The van der Waals surface area contributed by atoms with Crippen LogP contribution in [0.25, 0.3) is 10.9 Å². The molecule has 1 aliphatic carbocycles. The Morgan fingerprint density at radius 3 is 2.94 bits per heavy atom. The second kappa shape index (κ2) is 5.07. The maximum atomic E-state index is 4.59. The second-order valence-electron chi connectivity index (χ2n) is 5.27. The molecule has 0 amide bonds. The first kappa shape index (κ1) is 11.7. The lowest BCUT2D eigenvalue weighted by Crippen LogP contribution is -2.30. The molecular weight excluding hydrogens is 220 g/mol. The second-order valence-corrected chi connectivity index (χ2v) is 5.27. The van der Waals surface area contributed by atoms with Crippen molar-refractivity contribution in [2.45, 2.75) is 37.6 Å². The van der Waals surface area contributed by atoms with Crippen LogP contribution in [0.3, 0.4) is 0 Å². The first-order valence-electron chi connectivity index (χ1n) is 6.89. The molecule has 1 saturated carbocycles. The zero-order valence-corrected chi connectivity index (χ0v) is 10.9. The number of pyridine rings is 1. The molecule has 0 bridgehead atoms. The molecule has 2 unspecified atom stereocenters. The Bertz CT molecular complexity index is 530.